The topological polar surface area (TPSA) is 30.5 Å². The highest BCUT2D eigenvalue weighted by Gasteiger charge is 2.08. The highest BCUT2D eigenvalue weighted by molar-refractivity contribution is 6.31. The highest BCUT2D eigenvalue weighted by atomic mass is 35.5. The summed E-state index contributed by atoms with van der Waals surface area (Å²) in [5.41, 5.74) is 3.04. The van der Waals surface area contributed by atoms with Crippen LogP contribution in [0.2, 0.25) is 5.02 Å². The Labute approximate surface area is 130 Å². The van der Waals surface area contributed by atoms with E-state index in [-0.39, 0.29) is 0 Å². The summed E-state index contributed by atoms with van der Waals surface area (Å²) < 4.78 is 11.0. The monoisotopic (exact) mass is 305 g/mol. The second-order valence-electron chi connectivity index (χ2n) is 4.70. The maximum absolute atomic E-state index is 6.12. The Balaban J connectivity index is 2.18. The summed E-state index contributed by atoms with van der Waals surface area (Å²) in [4.78, 5) is 0. The molecule has 0 unspecified atom stereocenters. The molecule has 0 aromatic heterocycles. The lowest BCUT2D eigenvalue weighted by Crippen LogP contribution is -2.04. The van der Waals surface area contributed by atoms with Crippen LogP contribution >= 0.6 is 11.6 Å². The average molecular weight is 306 g/mol. The second kappa shape index (κ2) is 7.23. The van der Waals surface area contributed by atoms with Crippen molar-refractivity contribution < 1.29 is 9.47 Å². The summed E-state index contributed by atoms with van der Waals surface area (Å²) in [6.45, 7) is 5.27. The zero-order valence-corrected chi connectivity index (χ0v) is 13.3. The van der Waals surface area contributed by atoms with E-state index in [0.717, 1.165) is 28.3 Å². The van der Waals surface area contributed by atoms with Gasteiger partial charge < -0.3 is 14.8 Å². The molecule has 2 aromatic carbocycles. The molecule has 0 saturated carbocycles. The molecular formula is C17H20ClNO2. The van der Waals surface area contributed by atoms with Crippen LogP contribution in [-0.4, -0.2) is 13.7 Å². The molecule has 1 N–H and O–H groups in total. The Morgan fingerprint density at radius 3 is 2.62 bits per heavy atom. The standard InChI is InChI=1S/C17H20ClNO2/c1-4-21-16-8-6-5-7-13(16)11-19-15-9-12(2)14(18)10-17(15)20-3/h5-10,19H,4,11H2,1-3H3. The fourth-order valence-corrected chi connectivity index (χ4v) is 2.26. The summed E-state index contributed by atoms with van der Waals surface area (Å²) in [6, 6.07) is 11.8. The van der Waals surface area contributed by atoms with Crippen LogP contribution in [0.25, 0.3) is 0 Å². The minimum absolute atomic E-state index is 0.653. The summed E-state index contributed by atoms with van der Waals surface area (Å²) in [7, 11) is 1.64. The predicted molar refractivity (Wildman–Crippen MR) is 87.7 cm³/mol. The Morgan fingerprint density at radius 1 is 1.14 bits per heavy atom. The number of halogens is 1. The average Bonchev–Trinajstić information content (AvgIpc) is 2.49. The van der Waals surface area contributed by atoms with Crippen LogP contribution in [0.15, 0.2) is 36.4 Å². The molecular weight excluding hydrogens is 286 g/mol. The molecule has 3 nitrogen and oxygen atoms in total. The van der Waals surface area contributed by atoms with Crippen LogP contribution in [0.4, 0.5) is 5.69 Å². The fourth-order valence-electron chi connectivity index (χ4n) is 2.11. The Bertz CT molecular complexity index is 614. The molecule has 2 aromatic rings. The molecule has 0 bridgehead atoms. The molecule has 0 amide bonds. The first-order valence-electron chi connectivity index (χ1n) is 6.94. The molecule has 0 fully saturated rings. The van der Waals surface area contributed by atoms with E-state index in [1.165, 1.54) is 0 Å². The van der Waals surface area contributed by atoms with Crippen molar-refractivity contribution in [2.45, 2.75) is 20.4 Å². The molecule has 0 radical (unpaired) electrons. The van der Waals surface area contributed by atoms with E-state index < -0.39 is 0 Å². The van der Waals surface area contributed by atoms with E-state index in [1.807, 2.05) is 50.2 Å². The maximum atomic E-state index is 6.12. The van der Waals surface area contributed by atoms with E-state index >= 15 is 0 Å². The number of hydrogen-bond donors (Lipinski definition) is 1. The van der Waals surface area contributed by atoms with Gasteiger partial charge in [-0.1, -0.05) is 29.8 Å². The lowest BCUT2D eigenvalue weighted by molar-refractivity contribution is 0.337. The molecule has 0 spiro atoms. The fraction of sp³-hybridized carbons (Fsp3) is 0.294. The smallest absolute Gasteiger partial charge is 0.143 e. The lowest BCUT2D eigenvalue weighted by atomic mass is 10.1. The van der Waals surface area contributed by atoms with Gasteiger partial charge >= 0.3 is 0 Å². The van der Waals surface area contributed by atoms with E-state index in [2.05, 4.69) is 5.32 Å². The van der Waals surface area contributed by atoms with Crippen LogP contribution < -0.4 is 14.8 Å². The van der Waals surface area contributed by atoms with Gasteiger partial charge in [-0.25, -0.2) is 0 Å². The molecule has 0 atom stereocenters. The normalized spacial score (nSPS) is 10.3. The second-order valence-corrected chi connectivity index (χ2v) is 5.10. The molecule has 0 aliphatic carbocycles. The molecule has 0 aliphatic rings. The summed E-state index contributed by atoms with van der Waals surface area (Å²) in [5.74, 6) is 1.64. The Hall–Kier alpha value is -1.87. The summed E-state index contributed by atoms with van der Waals surface area (Å²) in [5, 5.41) is 4.08. The zero-order chi connectivity index (χ0) is 15.2. The van der Waals surface area contributed by atoms with E-state index in [0.29, 0.717) is 18.2 Å². The van der Waals surface area contributed by atoms with E-state index in [9.17, 15) is 0 Å². The molecule has 0 aliphatic heterocycles. The first-order chi connectivity index (χ1) is 10.2. The minimum atomic E-state index is 0.653. The van der Waals surface area contributed by atoms with Crippen LogP contribution in [0.1, 0.15) is 18.1 Å². The third-order valence-corrected chi connectivity index (χ3v) is 3.63. The van der Waals surface area contributed by atoms with Crippen molar-refractivity contribution in [2.24, 2.45) is 0 Å². The molecule has 0 saturated heterocycles. The van der Waals surface area contributed by atoms with Crippen LogP contribution in [0.5, 0.6) is 11.5 Å². The number of nitrogens with one attached hydrogen (secondary N) is 1. The molecule has 2 rings (SSSR count). The third-order valence-electron chi connectivity index (χ3n) is 3.22. The minimum Gasteiger partial charge on any atom is -0.495 e. The zero-order valence-electron chi connectivity index (χ0n) is 12.6. The number of aryl methyl sites for hydroxylation is 1. The quantitative estimate of drug-likeness (QED) is 0.841. The van der Waals surface area contributed by atoms with Crippen molar-refractivity contribution in [3.05, 3.63) is 52.5 Å². The number of ether oxygens (including phenoxy) is 2. The molecule has 0 heterocycles. The van der Waals surface area contributed by atoms with Gasteiger partial charge in [0.15, 0.2) is 0 Å². The molecule has 112 valence electrons. The van der Waals surface area contributed by atoms with Gasteiger partial charge in [-0.05, 0) is 31.5 Å². The number of benzene rings is 2. The summed E-state index contributed by atoms with van der Waals surface area (Å²) >= 11 is 6.12. The van der Waals surface area contributed by atoms with Crippen molar-refractivity contribution in [2.75, 3.05) is 19.0 Å². The molecule has 4 heteroatoms. The molecule has 21 heavy (non-hydrogen) atoms. The number of hydrogen-bond acceptors (Lipinski definition) is 3. The summed E-state index contributed by atoms with van der Waals surface area (Å²) in [6.07, 6.45) is 0. The van der Waals surface area contributed by atoms with E-state index in [4.69, 9.17) is 21.1 Å². The number of para-hydroxylation sites is 1. The van der Waals surface area contributed by atoms with Crippen LogP contribution in [-0.2, 0) is 6.54 Å². The highest BCUT2D eigenvalue weighted by Crippen LogP contribution is 2.31. The van der Waals surface area contributed by atoms with Crippen molar-refractivity contribution in [3.63, 3.8) is 0 Å². The van der Waals surface area contributed by atoms with Gasteiger partial charge in [-0.2, -0.15) is 0 Å². The lowest BCUT2D eigenvalue weighted by Gasteiger charge is -2.15. The maximum Gasteiger partial charge on any atom is 0.143 e. The van der Waals surface area contributed by atoms with E-state index in [1.54, 1.807) is 7.11 Å². The number of methoxy groups -OCH3 is 1. The number of rotatable bonds is 6. The third kappa shape index (κ3) is 3.82. The van der Waals surface area contributed by atoms with Gasteiger partial charge in [0, 0.05) is 23.2 Å². The first-order valence-corrected chi connectivity index (χ1v) is 7.32. The van der Waals surface area contributed by atoms with Gasteiger partial charge in [0.2, 0.25) is 0 Å². The van der Waals surface area contributed by atoms with Gasteiger partial charge in [0.25, 0.3) is 0 Å². The van der Waals surface area contributed by atoms with Crippen LogP contribution in [0.3, 0.4) is 0 Å². The SMILES string of the molecule is CCOc1ccccc1CNc1cc(C)c(Cl)cc1OC. The first kappa shape index (κ1) is 15.5. The van der Waals surface area contributed by atoms with Gasteiger partial charge in [-0.15, -0.1) is 0 Å². The van der Waals surface area contributed by atoms with Crippen LogP contribution in [0, 0.1) is 6.92 Å². The van der Waals surface area contributed by atoms with Crippen molar-refractivity contribution in [3.8, 4) is 11.5 Å². The number of anilines is 1. The predicted octanol–water partition coefficient (Wildman–Crippen LogP) is 4.67. The Kier molecular flexibility index (Phi) is 5.34. The van der Waals surface area contributed by atoms with Crippen molar-refractivity contribution in [1.82, 2.24) is 0 Å². The Morgan fingerprint density at radius 2 is 1.90 bits per heavy atom. The largest absolute Gasteiger partial charge is 0.495 e. The van der Waals surface area contributed by atoms with Crippen molar-refractivity contribution in [1.29, 1.82) is 0 Å². The van der Waals surface area contributed by atoms with Gasteiger partial charge in [0.05, 0.1) is 19.4 Å². The van der Waals surface area contributed by atoms with Gasteiger partial charge in [0.1, 0.15) is 11.5 Å². The van der Waals surface area contributed by atoms with Crippen molar-refractivity contribution >= 4 is 17.3 Å². The van der Waals surface area contributed by atoms with Gasteiger partial charge in [-0.3, -0.25) is 0 Å².